The monoisotopic (exact) mass is 307 g/mol. The molecule has 0 radical (unpaired) electrons. The molecule has 2 rings (SSSR count). The summed E-state index contributed by atoms with van der Waals surface area (Å²) in [5, 5.41) is 0.407. The molecule has 0 heterocycles. The van der Waals surface area contributed by atoms with Crippen LogP contribution in [0.4, 0.5) is 10.1 Å². The number of rotatable bonds is 5. The fourth-order valence-corrected chi connectivity index (χ4v) is 2.01. The molecule has 0 spiro atoms. The van der Waals surface area contributed by atoms with Gasteiger partial charge in [0.25, 0.3) is 0 Å². The van der Waals surface area contributed by atoms with E-state index < -0.39 is 5.82 Å². The lowest BCUT2D eigenvalue weighted by Crippen LogP contribution is -2.07. The lowest BCUT2D eigenvalue weighted by molar-refractivity contribution is -0.144. The second-order valence-corrected chi connectivity index (χ2v) is 5.07. The minimum absolute atomic E-state index is 0.118. The number of aryl methyl sites for hydroxylation is 1. The largest absolute Gasteiger partial charge is 0.461 e. The van der Waals surface area contributed by atoms with E-state index in [9.17, 15) is 9.18 Å². The number of nitrogens with two attached hydrogens (primary N) is 1. The van der Waals surface area contributed by atoms with Gasteiger partial charge in [-0.1, -0.05) is 23.7 Å². The zero-order chi connectivity index (χ0) is 15.2. The van der Waals surface area contributed by atoms with Crippen molar-refractivity contribution in [2.45, 2.75) is 19.4 Å². The fraction of sp³-hybridized carbons (Fsp3) is 0.188. The van der Waals surface area contributed by atoms with Gasteiger partial charge < -0.3 is 10.5 Å². The van der Waals surface area contributed by atoms with E-state index in [1.54, 1.807) is 12.1 Å². The van der Waals surface area contributed by atoms with E-state index in [0.717, 1.165) is 5.56 Å². The number of carbonyl (C=O) groups excluding carboxylic acids is 1. The van der Waals surface area contributed by atoms with Crippen LogP contribution in [0.25, 0.3) is 0 Å². The highest BCUT2D eigenvalue weighted by atomic mass is 35.5. The SMILES string of the molecule is Nc1ccc(CCC(=O)OCc2cc(Cl)ccc2F)cc1. The smallest absolute Gasteiger partial charge is 0.306 e. The number of carbonyl (C=O) groups is 1. The van der Waals surface area contributed by atoms with E-state index in [2.05, 4.69) is 0 Å². The Morgan fingerprint density at radius 2 is 1.90 bits per heavy atom. The summed E-state index contributed by atoms with van der Waals surface area (Å²) in [7, 11) is 0. The third-order valence-corrected chi connectivity index (χ3v) is 3.23. The molecule has 0 amide bonds. The van der Waals surface area contributed by atoms with Gasteiger partial charge in [-0.3, -0.25) is 4.79 Å². The Labute approximate surface area is 127 Å². The molecule has 2 aromatic carbocycles. The molecule has 0 atom stereocenters. The molecule has 0 aromatic heterocycles. The van der Waals surface area contributed by atoms with Crippen LogP contribution in [-0.4, -0.2) is 5.97 Å². The van der Waals surface area contributed by atoms with Gasteiger partial charge in [-0.05, 0) is 42.3 Å². The molecule has 0 unspecified atom stereocenters. The molecule has 0 bridgehead atoms. The van der Waals surface area contributed by atoms with Crippen molar-refractivity contribution in [2.75, 3.05) is 5.73 Å². The van der Waals surface area contributed by atoms with Gasteiger partial charge in [0.15, 0.2) is 0 Å². The Morgan fingerprint density at radius 1 is 1.19 bits per heavy atom. The third kappa shape index (κ3) is 4.76. The minimum atomic E-state index is -0.439. The van der Waals surface area contributed by atoms with Gasteiger partial charge >= 0.3 is 5.97 Å². The Hall–Kier alpha value is -2.07. The summed E-state index contributed by atoms with van der Waals surface area (Å²) in [6.45, 7) is -0.118. The van der Waals surface area contributed by atoms with Gasteiger partial charge in [0.2, 0.25) is 0 Å². The van der Waals surface area contributed by atoms with Gasteiger partial charge in [-0.25, -0.2) is 4.39 Å². The first-order valence-corrected chi connectivity index (χ1v) is 6.86. The average molecular weight is 308 g/mol. The summed E-state index contributed by atoms with van der Waals surface area (Å²) in [6.07, 6.45) is 0.781. The summed E-state index contributed by atoms with van der Waals surface area (Å²) >= 11 is 5.77. The third-order valence-electron chi connectivity index (χ3n) is 2.99. The molecule has 0 aliphatic heterocycles. The van der Waals surface area contributed by atoms with E-state index in [1.165, 1.54) is 18.2 Å². The van der Waals surface area contributed by atoms with Crippen LogP contribution in [0.3, 0.4) is 0 Å². The summed E-state index contributed by atoms with van der Waals surface area (Å²) in [4.78, 5) is 11.7. The van der Waals surface area contributed by atoms with Gasteiger partial charge in [-0.15, -0.1) is 0 Å². The predicted molar refractivity (Wildman–Crippen MR) is 80.4 cm³/mol. The van der Waals surface area contributed by atoms with E-state index >= 15 is 0 Å². The first kappa shape index (κ1) is 15.3. The van der Waals surface area contributed by atoms with Crippen molar-refractivity contribution in [1.29, 1.82) is 0 Å². The van der Waals surface area contributed by atoms with Gasteiger partial charge in [0, 0.05) is 22.7 Å². The first-order valence-electron chi connectivity index (χ1n) is 6.48. The van der Waals surface area contributed by atoms with Crippen LogP contribution in [0, 0.1) is 5.82 Å². The van der Waals surface area contributed by atoms with Crippen molar-refractivity contribution in [3.63, 3.8) is 0 Å². The van der Waals surface area contributed by atoms with Crippen LogP contribution < -0.4 is 5.73 Å². The normalized spacial score (nSPS) is 10.4. The van der Waals surface area contributed by atoms with Gasteiger partial charge in [0.05, 0.1) is 0 Å². The lowest BCUT2D eigenvalue weighted by Gasteiger charge is -2.07. The van der Waals surface area contributed by atoms with Crippen molar-refractivity contribution in [3.8, 4) is 0 Å². The molecular weight excluding hydrogens is 293 g/mol. The van der Waals surface area contributed by atoms with Crippen LogP contribution >= 0.6 is 11.6 Å². The van der Waals surface area contributed by atoms with E-state index in [1.807, 2.05) is 12.1 Å². The predicted octanol–water partition coefficient (Wildman–Crippen LogP) is 3.74. The quantitative estimate of drug-likeness (QED) is 0.676. The lowest BCUT2D eigenvalue weighted by atomic mass is 10.1. The first-order chi connectivity index (χ1) is 10.0. The summed E-state index contributed by atoms with van der Waals surface area (Å²) < 4.78 is 18.5. The summed E-state index contributed by atoms with van der Waals surface area (Å²) in [5.41, 5.74) is 7.52. The van der Waals surface area contributed by atoms with E-state index in [4.69, 9.17) is 22.1 Å². The van der Waals surface area contributed by atoms with Crippen molar-refractivity contribution in [1.82, 2.24) is 0 Å². The summed E-state index contributed by atoms with van der Waals surface area (Å²) in [6, 6.07) is 11.4. The number of anilines is 1. The maximum absolute atomic E-state index is 13.4. The summed E-state index contributed by atoms with van der Waals surface area (Å²) in [5.74, 6) is -0.822. The molecule has 0 fully saturated rings. The number of halogens is 2. The van der Waals surface area contributed by atoms with Crippen molar-refractivity contribution < 1.29 is 13.9 Å². The number of esters is 1. The molecule has 0 saturated carbocycles. The van der Waals surface area contributed by atoms with Gasteiger partial charge in [-0.2, -0.15) is 0 Å². The molecule has 0 aliphatic carbocycles. The Bertz CT molecular complexity index is 629. The van der Waals surface area contributed by atoms with E-state index in [0.29, 0.717) is 17.1 Å². The molecule has 3 nitrogen and oxygen atoms in total. The van der Waals surface area contributed by atoms with Crippen LogP contribution in [-0.2, 0) is 22.6 Å². The molecule has 2 N–H and O–H groups in total. The number of hydrogen-bond donors (Lipinski definition) is 1. The average Bonchev–Trinajstić information content (AvgIpc) is 2.47. The molecule has 5 heteroatoms. The van der Waals surface area contributed by atoms with Crippen LogP contribution in [0.2, 0.25) is 5.02 Å². The second-order valence-electron chi connectivity index (χ2n) is 4.64. The number of hydrogen-bond acceptors (Lipinski definition) is 3. The topological polar surface area (TPSA) is 52.3 Å². The molecule has 21 heavy (non-hydrogen) atoms. The number of benzene rings is 2. The number of nitrogen functional groups attached to an aromatic ring is 1. The minimum Gasteiger partial charge on any atom is -0.461 e. The van der Waals surface area contributed by atoms with Crippen LogP contribution in [0.5, 0.6) is 0 Å². The van der Waals surface area contributed by atoms with Crippen LogP contribution in [0.1, 0.15) is 17.5 Å². The number of ether oxygens (including phenoxy) is 1. The molecule has 0 saturated heterocycles. The standard InChI is InChI=1S/C16H15ClFNO2/c17-13-4-7-15(18)12(9-13)10-21-16(20)8-3-11-1-5-14(19)6-2-11/h1-2,4-7,9H,3,8,10,19H2. The van der Waals surface area contributed by atoms with Gasteiger partial charge in [0.1, 0.15) is 12.4 Å². The zero-order valence-corrected chi connectivity index (χ0v) is 12.1. The Morgan fingerprint density at radius 3 is 2.62 bits per heavy atom. The highest BCUT2D eigenvalue weighted by molar-refractivity contribution is 6.30. The maximum Gasteiger partial charge on any atom is 0.306 e. The highest BCUT2D eigenvalue weighted by Crippen LogP contribution is 2.16. The van der Waals surface area contributed by atoms with Crippen molar-refractivity contribution in [2.24, 2.45) is 0 Å². The van der Waals surface area contributed by atoms with Crippen molar-refractivity contribution in [3.05, 3.63) is 64.4 Å². The Balaban J connectivity index is 1.82. The molecule has 0 aliphatic rings. The van der Waals surface area contributed by atoms with E-state index in [-0.39, 0.29) is 24.6 Å². The van der Waals surface area contributed by atoms with Crippen molar-refractivity contribution >= 4 is 23.3 Å². The zero-order valence-electron chi connectivity index (χ0n) is 11.3. The molecular formula is C16H15ClFNO2. The molecule has 2 aromatic rings. The fourth-order valence-electron chi connectivity index (χ4n) is 1.82. The Kier molecular flexibility index (Phi) is 5.17. The van der Waals surface area contributed by atoms with Crippen LogP contribution in [0.15, 0.2) is 42.5 Å². The maximum atomic E-state index is 13.4. The second kappa shape index (κ2) is 7.09. The highest BCUT2D eigenvalue weighted by Gasteiger charge is 2.08. The molecule has 110 valence electrons.